The molecule has 1 atom stereocenters. The molecule has 0 saturated heterocycles. The first kappa shape index (κ1) is 11.9. The van der Waals surface area contributed by atoms with Crippen LogP contribution >= 0.6 is 0 Å². The van der Waals surface area contributed by atoms with Crippen LogP contribution in [0.3, 0.4) is 0 Å². The average molecular weight is 172 g/mol. The smallest absolute Gasteiger partial charge is 0.0197 e. The van der Waals surface area contributed by atoms with Gasteiger partial charge < -0.3 is 10.6 Å². The molecule has 0 bridgehead atoms. The van der Waals surface area contributed by atoms with Gasteiger partial charge in [0.25, 0.3) is 0 Å². The molecule has 2 heteroatoms. The first-order chi connectivity index (χ1) is 5.56. The van der Waals surface area contributed by atoms with Crippen molar-refractivity contribution in [2.45, 2.75) is 46.2 Å². The zero-order valence-corrected chi connectivity index (χ0v) is 9.15. The Balaban J connectivity index is 3.69. The fourth-order valence-corrected chi connectivity index (χ4v) is 1.50. The Labute approximate surface area is 77.1 Å². The largest absolute Gasteiger partial charge is 0.318 e. The van der Waals surface area contributed by atoms with Crippen LogP contribution in [0.4, 0.5) is 0 Å². The molecule has 0 rings (SSSR count). The second-order valence-electron chi connectivity index (χ2n) is 4.21. The predicted octanol–water partition coefficient (Wildman–Crippen LogP) is 1.62. The molecular weight excluding hydrogens is 148 g/mol. The Morgan fingerprint density at radius 1 is 1.08 bits per heavy atom. The maximum Gasteiger partial charge on any atom is 0.0197 e. The van der Waals surface area contributed by atoms with Crippen LogP contribution in [0, 0.1) is 5.92 Å². The molecule has 12 heavy (non-hydrogen) atoms. The third kappa shape index (κ3) is 6.62. The Kier molecular flexibility index (Phi) is 6.39. The maximum absolute atomic E-state index is 3.55. The van der Waals surface area contributed by atoms with Crippen molar-refractivity contribution in [2.24, 2.45) is 5.92 Å². The van der Waals surface area contributed by atoms with Crippen LogP contribution in [-0.4, -0.2) is 25.7 Å². The van der Waals surface area contributed by atoms with E-state index in [1.54, 1.807) is 0 Å². The van der Waals surface area contributed by atoms with Gasteiger partial charge in [0.15, 0.2) is 0 Å². The second kappa shape index (κ2) is 6.44. The molecule has 0 heterocycles. The van der Waals surface area contributed by atoms with Crippen LogP contribution in [0.25, 0.3) is 0 Å². The third-order valence-electron chi connectivity index (χ3n) is 1.78. The van der Waals surface area contributed by atoms with Crippen LogP contribution in [0.15, 0.2) is 0 Å². The van der Waals surface area contributed by atoms with Crippen molar-refractivity contribution in [3.8, 4) is 0 Å². The summed E-state index contributed by atoms with van der Waals surface area (Å²) < 4.78 is 0. The van der Waals surface area contributed by atoms with E-state index in [4.69, 9.17) is 0 Å². The summed E-state index contributed by atoms with van der Waals surface area (Å²) in [6, 6.07) is 1.21. The van der Waals surface area contributed by atoms with E-state index in [2.05, 4.69) is 38.3 Å². The normalized spacial score (nSPS) is 14.2. The standard InChI is InChI=1S/C10H24N2/c1-8(2)6-10(7-11-5)12-9(3)4/h8-12H,6-7H2,1-5H3. The number of nitrogens with one attached hydrogen (secondary N) is 2. The molecule has 1 unspecified atom stereocenters. The summed E-state index contributed by atoms with van der Waals surface area (Å²) in [5, 5.41) is 6.77. The van der Waals surface area contributed by atoms with Crippen molar-refractivity contribution in [1.29, 1.82) is 0 Å². The lowest BCUT2D eigenvalue weighted by Crippen LogP contribution is -2.42. The van der Waals surface area contributed by atoms with Crippen molar-refractivity contribution in [1.82, 2.24) is 10.6 Å². The van der Waals surface area contributed by atoms with Gasteiger partial charge in [0, 0.05) is 18.6 Å². The topological polar surface area (TPSA) is 24.1 Å². The molecule has 74 valence electrons. The quantitative estimate of drug-likeness (QED) is 0.636. The molecule has 0 aromatic rings. The van der Waals surface area contributed by atoms with Crippen LogP contribution in [-0.2, 0) is 0 Å². The Hall–Kier alpha value is -0.0800. The molecule has 0 aliphatic carbocycles. The molecular formula is C10H24N2. The molecule has 0 radical (unpaired) electrons. The predicted molar refractivity (Wildman–Crippen MR) is 55.4 cm³/mol. The molecule has 0 spiro atoms. The minimum atomic E-state index is 0.585. The van der Waals surface area contributed by atoms with Gasteiger partial charge in [0.1, 0.15) is 0 Å². The Morgan fingerprint density at radius 3 is 2.00 bits per heavy atom. The zero-order chi connectivity index (χ0) is 9.56. The minimum Gasteiger partial charge on any atom is -0.318 e. The van der Waals surface area contributed by atoms with E-state index in [1.165, 1.54) is 6.42 Å². The SMILES string of the molecule is CNCC(CC(C)C)NC(C)C. The molecule has 0 amide bonds. The molecule has 2 N–H and O–H groups in total. The minimum absolute atomic E-state index is 0.585. The fourth-order valence-electron chi connectivity index (χ4n) is 1.50. The van der Waals surface area contributed by atoms with E-state index in [9.17, 15) is 0 Å². The van der Waals surface area contributed by atoms with E-state index in [-0.39, 0.29) is 0 Å². The molecule has 0 aromatic carbocycles. The second-order valence-corrected chi connectivity index (χ2v) is 4.21. The van der Waals surface area contributed by atoms with Crippen LogP contribution in [0.5, 0.6) is 0 Å². The molecule has 0 aliphatic rings. The lowest BCUT2D eigenvalue weighted by Gasteiger charge is -2.22. The summed E-state index contributed by atoms with van der Waals surface area (Å²) in [6.07, 6.45) is 1.25. The van der Waals surface area contributed by atoms with Crippen molar-refractivity contribution in [3.05, 3.63) is 0 Å². The zero-order valence-electron chi connectivity index (χ0n) is 9.15. The highest BCUT2D eigenvalue weighted by Crippen LogP contribution is 2.04. The van der Waals surface area contributed by atoms with Gasteiger partial charge in [0.05, 0.1) is 0 Å². The van der Waals surface area contributed by atoms with Gasteiger partial charge in [0.2, 0.25) is 0 Å². The van der Waals surface area contributed by atoms with Gasteiger partial charge in [-0.2, -0.15) is 0 Å². The summed E-state index contributed by atoms with van der Waals surface area (Å²) in [7, 11) is 2.01. The molecule has 0 aromatic heterocycles. The van der Waals surface area contributed by atoms with Crippen LogP contribution < -0.4 is 10.6 Å². The highest BCUT2D eigenvalue weighted by atomic mass is 15.0. The van der Waals surface area contributed by atoms with Gasteiger partial charge in [-0.25, -0.2) is 0 Å². The summed E-state index contributed by atoms with van der Waals surface area (Å²) in [4.78, 5) is 0. The van der Waals surface area contributed by atoms with Gasteiger partial charge >= 0.3 is 0 Å². The summed E-state index contributed by atoms with van der Waals surface area (Å²) in [5.74, 6) is 0.773. The highest BCUT2D eigenvalue weighted by molar-refractivity contribution is 4.72. The highest BCUT2D eigenvalue weighted by Gasteiger charge is 2.09. The van der Waals surface area contributed by atoms with Gasteiger partial charge in [-0.1, -0.05) is 27.7 Å². The molecule has 0 saturated carbocycles. The van der Waals surface area contributed by atoms with E-state index in [0.717, 1.165) is 12.5 Å². The summed E-state index contributed by atoms with van der Waals surface area (Å²) in [6.45, 7) is 10.00. The fraction of sp³-hybridized carbons (Fsp3) is 1.00. The number of hydrogen-bond donors (Lipinski definition) is 2. The molecule has 0 aliphatic heterocycles. The monoisotopic (exact) mass is 172 g/mol. The molecule has 0 fully saturated rings. The van der Waals surface area contributed by atoms with Crippen molar-refractivity contribution in [2.75, 3.05) is 13.6 Å². The van der Waals surface area contributed by atoms with Gasteiger partial charge in [-0.3, -0.25) is 0 Å². The number of likely N-dealkylation sites (N-methyl/N-ethyl adjacent to an activating group) is 1. The van der Waals surface area contributed by atoms with E-state index >= 15 is 0 Å². The number of hydrogen-bond acceptors (Lipinski definition) is 2. The number of rotatable bonds is 6. The van der Waals surface area contributed by atoms with Gasteiger partial charge in [-0.05, 0) is 19.4 Å². The average Bonchev–Trinajstić information content (AvgIpc) is 1.84. The summed E-state index contributed by atoms with van der Waals surface area (Å²) >= 11 is 0. The maximum atomic E-state index is 3.55. The summed E-state index contributed by atoms with van der Waals surface area (Å²) in [5.41, 5.74) is 0. The van der Waals surface area contributed by atoms with E-state index < -0.39 is 0 Å². The van der Waals surface area contributed by atoms with Crippen molar-refractivity contribution < 1.29 is 0 Å². The van der Waals surface area contributed by atoms with Crippen LogP contribution in [0.2, 0.25) is 0 Å². The lowest BCUT2D eigenvalue weighted by molar-refractivity contribution is 0.382. The lowest BCUT2D eigenvalue weighted by atomic mass is 10.0. The first-order valence-electron chi connectivity index (χ1n) is 4.97. The Bertz CT molecular complexity index is 90.0. The molecule has 2 nitrogen and oxygen atoms in total. The van der Waals surface area contributed by atoms with Gasteiger partial charge in [-0.15, -0.1) is 0 Å². The van der Waals surface area contributed by atoms with Crippen molar-refractivity contribution >= 4 is 0 Å². The van der Waals surface area contributed by atoms with E-state index in [0.29, 0.717) is 12.1 Å². The third-order valence-corrected chi connectivity index (χ3v) is 1.78. The Morgan fingerprint density at radius 2 is 1.67 bits per heavy atom. The van der Waals surface area contributed by atoms with E-state index in [1.807, 2.05) is 7.05 Å². The first-order valence-corrected chi connectivity index (χ1v) is 4.97. The van der Waals surface area contributed by atoms with Crippen molar-refractivity contribution in [3.63, 3.8) is 0 Å². The van der Waals surface area contributed by atoms with Crippen LogP contribution in [0.1, 0.15) is 34.1 Å².